The lowest BCUT2D eigenvalue weighted by Crippen LogP contribution is -2.22. The summed E-state index contributed by atoms with van der Waals surface area (Å²) in [5.74, 6) is 2.09. The molecular weight excluding hydrogens is 266 g/mol. The highest BCUT2D eigenvalue weighted by molar-refractivity contribution is 4.69. The predicted octanol–water partition coefficient (Wildman–Crippen LogP) is 6.71. The van der Waals surface area contributed by atoms with Gasteiger partial charge in [0.2, 0.25) is 0 Å². The molecular formula is C21H43N. The molecule has 1 heteroatoms. The van der Waals surface area contributed by atoms with Crippen LogP contribution in [0.2, 0.25) is 0 Å². The van der Waals surface area contributed by atoms with Crippen molar-refractivity contribution in [3.05, 3.63) is 0 Å². The molecule has 2 rings (SSSR count). The third-order valence-electron chi connectivity index (χ3n) is 5.62. The van der Waals surface area contributed by atoms with Crippen molar-refractivity contribution in [2.45, 2.75) is 110 Å². The van der Waals surface area contributed by atoms with Crippen LogP contribution in [-0.2, 0) is 0 Å². The van der Waals surface area contributed by atoms with E-state index in [-0.39, 0.29) is 0 Å². The minimum Gasteiger partial charge on any atom is -0.317 e. The van der Waals surface area contributed by atoms with E-state index in [9.17, 15) is 0 Å². The predicted molar refractivity (Wildman–Crippen MR) is 100 cm³/mol. The second kappa shape index (κ2) is 14.5. The van der Waals surface area contributed by atoms with Gasteiger partial charge in [-0.3, -0.25) is 0 Å². The van der Waals surface area contributed by atoms with Crippen LogP contribution < -0.4 is 5.32 Å². The van der Waals surface area contributed by atoms with Crippen LogP contribution in [0.25, 0.3) is 0 Å². The van der Waals surface area contributed by atoms with E-state index in [2.05, 4.69) is 19.2 Å². The Labute approximate surface area is 141 Å². The van der Waals surface area contributed by atoms with Crippen molar-refractivity contribution in [1.29, 1.82) is 0 Å². The third-order valence-corrected chi connectivity index (χ3v) is 5.62. The normalized spacial score (nSPS) is 20.5. The van der Waals surface area contributed by atoms with Crippen LogP contribution in [0.4, 0.5) is 0 Å². The van der Waals surface area contributed by atoms with Crippen molar-refractivity contribution in [2.24, 2.45) is 11.8 Å². The fourth-order valence-electron chi connectivity index (χ4n) is 4.04. The van der Waals surface area contributed by atoms with Crippen LogP contribution in [0.1, 0.15) is 110 Å². The van der Waals surface area contributed by atoms with Gasteiger partial charge in [-0.15, -0.1) is 0 Å². The van der Waals surface area contributed by atoms with Crippen molar-refractivity contribution in [1.82, 2.24) is 5.32 Å². The first-order valence-corrected chi connectivity index (χ1v) is 10.6. The van der Waals surface area contributed by atoms with Crippen molar-refractivity contribution >= 4 is 0 Å². The first-order valence-electron chi connectivity index (χ1n) is 10.6. The summed E-state index contributed by atoms with van der Waals surface area (Å²) in [5.41, 5.74) is 0. The van der Waals surface area contributed by atoms with Gasteiger partial charge in [0, 0.05) is 0 Å². The highest BCUT2D eigenvalue weighted by atomic mass is 14.8. The summed E-state index contributed by atoms with van der Waals surface area (Å²) in [6, 6.07) is 0. The molecule has 132 valence electrons. The lowest BCUT2D eigenvalue weighted by molar-refractivity contribution is 0.317. The van der Waals surface area contributed by atoms with Crippen LogP contribution in [0.15, 0.2) is 0 Å². The molecule has 0 amide bonds. The average molecular weight is 310 g/mol. The Morgan fingerprint density at radius 2 is 1.05 bits per heavy atom. The van der Waals surface area contributed by atoms with Gasteiger partial charge in [0.15, 0.2) is 0 Å². The zero-order valence-electron chi connectivity index (χ0n) is 15.7. The van der Waals surface area contributed by atoms with Gasteiger partial charge in [0.25, 0.3) is 0 Å². The maximum Gasteiger partial charge on any atom is -0.00463 e. The molecule has 0 aromatic carbocycles. The van der Waals surface area contributed by atoms with Crippen LogP contribution in [-0.4, -0.2) is 13.1 Å². The second-order valence-electron chi connectivity index (χ2n) is 7.69. The maximum absolute atomic E-state index is 3.68. The van der Waals surface area contributed by atoms with E-state index in [0.717, 1.165) is 11.8 Å². The Balaban J connectivity index is 0.000000422. The molecule has 0 aliphatic heterocycles. The van der Waals surface area contributed by atoms with Gasteiger partial charge in [-0.25, -0.2) is 0 Å². The van der Waals surface area contributed by atoms with E-state index < -0.39 is 0 Å². The molecule has 1 nitrogen and oxygen atoms in total. The topological polar surface area (TPSA) is 12.0 Å². The van der Waals surface area contributed by atoms with E-state index in [0.29, 0.717) is 0 Å². The quantitative estimate of drug-likeness (QED) is 0.491. The average Bonchev–Trinajstić information content (AvgIpc) is 2.58. The van der Waals surface area contributed by atoms with Crippen LogP contribution >= 0.6 is 0 Å². The summed E-state index contributed by atoms with van der Waals surface area (Å²) in [6.07, 6.45) is 21.9. The SMILES string of the molecule is C1CCC(CCNCCC2CCCCC2)CC1.CCCCC. The lowest BCUT2D eigenvalue weighted by Gasteiger charge is -2.23. The van der Waals surface area contributed by atoms with Crippen molar-refractivity contribution in [2.75, 3.05) is 13.1 Å². The summed E-state index contributed by atoms with van der Waals surface area (Å²) >= 11 is 0. The zero-order chi connectivity index (χ0) is 15.9. The van der Waals surface area contributed by atoms with Gasteiger partial charge < -0.3 is 5.32 Å². The first-order chi connectivity index (χ1) is 10.9. The molecule has 0 spiro atoms. The minimum atomic E-state index is 1.05. The molecule has 0 unspecified atom stereocenters. The molecule has 0 bridgehead atoms. The first kappa shape index (κ1) is 20.0. The van der Waals surface area contributed by atoms with Gasteiger partial charge >= 0.3 is 0 Å². The molecule has 0 aromatic heterocycles. The van der Waals surface area contributed by atoms with E-state index in [1.165, 1.54) is 109 Å². The lowest BCUT2D eigenvalue weighted by atomic mass is 9.86. The molecule has 22 heavy (non-hydrogen) atoms. The van der Waals surface area contributed by atoms with Crippen LogP contribution in [0.3, 0.4) is 0 Å². The molecule has 0 heterocycles. The van der Waals surface area contributed by atoms with Crippen LogP contribution in [0, 0.1) is 11.8 Å². The summed E-state index contributed by atoms with van der Waals surface area (Å²) < 4.78 is 0. The maximum atomic E-state index is 3.68. The summed E-state index contributed by atoms with van der Waals surface area (Å²) in [6.45, 7) is 6.97. The highest BCUT2D eigenvalue weighted by Gasteiger charge is 2.14. The highest BCUT2D eigenvalue weighted by Crippen LogP contribution is 2.26. The number of hydrogen-bond donors (Lipinski definition) is 1. The second-order valence-corrected chi connectivity index (χ2v) is 7.69. The van der Waals surface area contributed by atoms with Gasteiger partial charge in [0.1, 0.15) is 0 Å². The molecule has 0 atom stereocenters. The van der Waals surface area contributed by atoms with Crippen LogP contribution in [0.5, 0.6) is 0 Å². The third kappa shape index (κ3) is 10.6. The smallest absolute Gasteiger partial charge is 0.00463 e. The Morgan fingerprint density at radius 1 is 0.636 bits per heavy atom. The molecule has 2 aliphatic rings. The Hall–Kier alpha value is -0.0400. The fourth-order valence-corrected chi connectivity index (χ4v) is 4.04. The van der Waals surface area contributed by atoms with E-state index in [1.807, 2.05) is 0 Å². The molecule has 0 saturated heterocycles. The standard InChI is InChI=1S/C16H31N.C5H12/c1-3-7-15(8-4-1)11-13-17-14-12-16-9-5-2-6-10-16;1-3-5-4-2/h15-17H,1-14H2;3-5H2,1-2H3. The monoisotopic (exact) mass is 309 g/mol. The Morgan fingerprint density at radius 3 is 1.36 bits per heavy atom. The van der Waals surface area contributed by atoms with Crippen molar-refractivity contribution in [3.63, 3.8) is 0 Å². The summed E-state index contributed by atoms with van der Waals surface area (Å²) in [5, 5.41) is 3.68. The molecule has 0 aromatic rings. The summed E-state index contributed by atoms with van der Waals surface area (Å²) in [4.78, 5) is 0. The van der Waals surface area contributed by atoms with E-state index in [1.54, 1.807) is 0 Å². The van der Waals surface area contributed by atoms with Gasteiger partial charge in [-0.2, -0.15) is 0 Å². The minimum absolute atomic E-state index is 1.05. The number of unbranched alkanes of at least 4 members (excludes halogenated alkanes) is 2. The molecule has 1 N–H and O–H groups in total. The number of nitrogens with one attached hydrogen (secondary N) is 1. The zero-order valence-corrected chi connectivity index (χ0v) is 15.7. The van der Waals surface area contributed by atoms with E-state index >= 15 is 0 Å². The van der Waals surface area contributed by atoms with Gasteiger partial charge in [-0.05, 0) is 37.8 Å². The molecule has 2 saturated carbocycles. The molecule has 2 aliphatic carbocycles. The number of rotatable bonds is 8. The Kier molecular flexibility index (Phi) is 13.2. The van der Waals surface area contributed by atoms with Crippen molar-refractivity contribution in [3.8, 4) is 0 Å². The fraction of sp³-hybridized carbons (Fsp3) is 1.00. The largest absolute Gasteiger partial charge is 0.317 e. The van der Waals surface area contributed by atoms with Crippen molar-refractivity contribution < 1.29 is 0 Å². The van der Waals surface area contributed by atoms with E-state index in [4.69, 9.17) is 0 Å². The summed E-state index contributed by atoms with van der Waals surface area (Å²) in [7, 11) is 0. The van der Waals surface area contributed by atoms with Gasteiger partial charge in [-0.1, -0.05) is 97.3 Å². The number of hydrogen-bond acceptors (Lipinski definition) is 1. The molecule has 0 radical (unpaired) electrons. The molecule has 2 fully saturated rings. The Bertz CT molecular complexity index is 192. The van der Waals surface area contributed by atoms with Gasteiger partial charge in [0.05, 0.1) is 0 Å².